The van der Waals surface area contributed by atoms with Gasteiger partial charge in [0.1, 0.15) is 0 Å². The number of carbonyl (C=O) groups excluding carboxylic acids is 1. The van der Waals surface area contributed by atoms with Gasteiger partial charge in [0, 0.05) is 6.92 Å². The molecule has 0 aromatic rings. The number of nitrogens with zero attached hydrogens (tertiary/aromatic N) is 1. The van der Waals surface area contributed by atoms with E-state index in [2.05, 4.69) is 10.6 Å². The van der Waals surface area contributed by atoms with Gasteiger partial charge in [-0.3, -0.25) is 4.79 Å². The molecule has 1 N–H and O–H groups in total. The minimum atomic E-state index is 0. The Morgan fingerprint density at radius 2 is 2.22 bits per heavy atom. The zero-order valence-corrected chi connectivity index (χ0v) is 9.39. The fraction of sp³-hybridized carbons (Fsp3) is 0.800. The second-order valence-corrected chi connectivity index (χ2v) is 1.52. The SMILES string of the molecule is C[N-]CCNC(C)=O.[K+]. The summed E-state index contributed by atoms with van der Waals surface area (Å²) in [7, 11) is 1.72. The molecule has 0 aromatic carbocycles. The van der Waals surface area contributed by atoms with Gasteiger partial charge < -0.3 is 10.6 Å². The number of carbonyl (C=O) groups is 1. The normalized spacial score (nSPS) is 7.78. The molecule has 0 aliphatic rings. The van der Waals surface area contributed by atoms with Crippen LogP contribution in [0.5, 0.6) is 0 Å². The molecule has 3 nitrogen and oxygen atoms in total. The minimum Gasteiger partial charge on any atom is -0.664 e. The van der Waals surface area contributed by atoms with E-state index in [-0.39, 0.29) is 57.3 Å². The van der Waals surface area contributed by atoms with Crippen molar-refractivity contribution >= 4 is 5.91 Å². The summed E-state index contributed by atoms with van der Waals surface area (Å²) in [6, 6.07) is 0. The van der Waals surface area contributed by atoms with Crippen molar-refractivity contribution in [3.8, 4) is 0 Å². The smallest absolute Gasteiger partial charge is 0.664 e. The Labute approximate surface area is 98.4 Å². The van der Waals surface area contributed by atoms with Crippen molar-refractivity contribution in [3.63, 3.8) is 0 Å². The van der Waals surface area contributed by atoms with E-state index in [0.29, 0.717) is 13.1 Å². The molecule has 4 heteroatoms. The van der Waals surface area contributed by atoms with Crippen molar-refractivity contribution in [1.82, 2.24) is 5.32 Å². The Balaban J connectivity index is 0. The van der Waals surface area contributed by atoms with Crippen molar-refractivity contribution in [3.05, 3.63) is 5.32 Å². The van der Waals surface area contributed by atoms with Crippen LogP contribution in [0.3, 0.4) is 0 Å². The van der Waals surface area contributed by atoms with Gasteiger partial charge in [0.2, 0.25) is 5.91 Å². The number of hydrogen-bond acceptors (Lipinski definition) is 1. The van der Waals surface area contributed by atoms with E-state index in [4.69, 9.17) is 0 Å². The maximum Gasteiger partial charge on any atom is 1.00 e. The number of likely N-dealkylation sites (N-methyl/N-ethyl adjacent to an activating group) is 1. The van der Waals surface area contributed by atoms with Crippen LogP contribution in [0.15, 0.2) is 0 Å². The molecule has 1 amide bonds. The quantitative estimate of drug-likeness (QED) is 0.345. The van der Waals surface area contributed by atoms with Gasteiger partial charge in [-0.2, -0.15) is 7.05 Å². The van der Waals surface area contributed by atoms with E-state index in [1.165, 1.54) is 6.92 Å². The summed E-state index contributed by atoms with van der Waals surface area (Å²) >= 11 is 0. The topological polar surface area (TPSA) is 43.2 Å². The molecule has 0 saturated carbocycles. The van der Waals surface area contributed by atoms with Crippen molar-refractivity contribution in [2.75, 3.05) is 20.1 Å². The number of hydrogen-bond donors (Lipinski definition) is 1. The first-order valence-corrected chi connectivity index (χ1v) is 2.57. The summed E-state index contributed by atoms with van der Waals surface area (Å²) in [5.74, 6) is 0.00801. The predicted molar refractivity (Wildman–Crippen MR) is 32.8 cm³/mol. The van der Waals surface area contributed by atoms with Crippen molar-refractivity contribution in [2.45, 2.75) is 6.92 Å². The molecule has 0 atom stereocenters. The molecule has 0 rings (SSSR count). The van der Waals surface area contributed by atoms with Gasteiger partial charge in [0.15, 0.2) is 0 Å². The summed E-state index contributed by atoms with van der Waals surface area (Å²) in [4.78, 5) is 10.2. The molecule has 0 aliphatic heterocycles. The van der Waals surface area contributed by atoms with Crippen molar-refractivity contribution in [2.24, 2.45) is 0 Å². The van der Waals surface area contributed by atoms with Gasteiger partial charge in [-0.1, -0.05) is 0 Å². The van der Waals surface area contributed by atoms with E-state index in [9.17, 15) is 4.79 Å². The maximum atomic E-state index is 10.2. The first-order chi connectivity index (χ1) is 3.77. The number of amides is 1. The summed E-state index contributed by atoms with van der Waals surface area (Å²) < 4.78 is 0. The van der Waals surface area contributed by atoms with Crippen LogP contribution in [0.25, 0.3) is 5.32 Å². The number of rotatable bonds is 3. The molecule has 9 heavy (non-hydrogen) atoms. The van der Waals surface area contributed by atoms with Crippen LogP contribution in [0, 0.1) is 0 Å². The van der Waals surface area contributed by atoms with Crippen LogP contribution in [-0.4, -0.2) is 26.0 Å². The molecule has 0 unspecified atom stereocenters. The second kappa shape index (κ2) is 9.07. The third-order valence-electron chi connectivity index (χ3n) is 0.709. The Morgan fingerprint density at radius 3 is 2.56 bits per heavy atom. The van der Waals surface area contributed by atoms with Gasteiger partial charge in [-0.25, -0.2) is 0 Å². The van der Waals surface area contributed by atoms with Gasteiger partial charge >= 0.3 is 51.4 Å². The first-order valence-electron chi connectivity index (χ1n) is 2.57. The van der Waals surface area contributed by atoms with E-state index in [1.54, 1.807) is 7.05 Å². The van der Waals surface area contributed by atoms with Crippen LogP contribution in [0.4, 0.5) is 0 Å². The molecule has 0 heterocycles. The van der Waals surface area contributed by atoms with Gasteiger partial charge in [-0.15, -0.1) is 6.54 Å². The molecule has 0 bridgehead atoms. The molecule has 0 aromatic heterocycles. The third-order valence-corrected chi connectivity index (χ3v) is 0.709. The molecule has 0 fully saturated rings. The van der Waals surface area contributed by atoms with E-state index in [0.717, 1.165) is 0 Å². The molecule has 0 saturated heterocycles. The van der Waals surface area contributed by atoms with Crippen LogP contribution >= 0.6 is 0 Å². The van der Waals surface area contributed by atoms with Gasteiger partial charge in [0.25, 0.3) is 0 Å². The Bertz CT molecular complexity index is 77.4. The first kappa shape index (κ1) is 12.7. The molecule has 48 valence electrons. The Kier molecular flexibility index (Phi) is 12.8. The molecule has 0 aliphatic carbocycles. The van der Waals surface area contributed by atoms with Gasteiger partial charge in [0.05, 0.1) is 0 Å². The average molecular weight is 154 g/mol. The largest absolute Gasteiger partial charge is 1.00 e. The van der Waals surface area contributed by atoms with Crippen LogP contribution < -0.4 is 56.7 Å². The van der Waals surface area contributed by atoms with E-state index in [1.807, 2.05) is 0 Å². The summed E-state index contributed by atoms with van der Waals surface area (Å²) in [6.45, 7) is 2.86. The van der Waals surface area contributed by atoms with Crippen molar-refractivity contribution < 1.29 is 56.2 Å². The maximum absolute atomic E-state index is 10.2. The number of nitrogens with one attached hydrogen (secondary N) is 1. The fourth-order valence-corrected chi connectivity index (χ4v) is 0.344. The summed E-state index contributed by atoms with van der Waals surface area (Å²) in [5.41, 5.74) is 0. The average Bonchev–Trinajstić information content (AvgIpc) is 1.66. The minimum absolute atomic E-state index is 0. The van der Waals surface area contributed by atoms with Crippen LogP contribution in [0.2, 0.25) is 0 Å². The van der Waals surface area contributed by atoms with E-state index < -0.39 is 0 Å². The van der Waals surface area contributed by atoms with Crippen molar-refractivity contribution in [1.29, 1.82) is 0 Å². The fourth-order valence-electron chi connectivity index (χ4n) is 0.344. The Morgan fingerprint density at radius 1 is 1.67 bits per heavy atom. The molecule has 0 radical (unpaired) electrons. The van der Waals surface area contributed by atoms with E-state index >= 15 is 0 Å². The monoisotopic (exact) mass is 154 g/mol. The summed E-state index contributed by atoms with van der Waals surface area (Å²) in [6.07, 6.45) is 0. The molecular formula is C5H11KN2O. The Hall–Kier alpha value is 1.07. The second-order valence-electron chi connectivity index (χ2n) is 1.52. The zero-order valence-electron chi connectivity index (χ0n) is 6.27. The predicted octanol–water partition coefficient (Wildman–Crippen LogP) is -2.87. The molecular weight excluding hydrogens is 143 g/mol. The third kappa shape index (κ3) is 12.3. The van der Waals surface area contributed by atoms with Crippen LogP contribution in [0.1, 0.15) is 6.92 Å². The standard InChI is InChI=1S/C5H11N2O.K/c1-5(8)7-4-3-6-2;/h3-4H2,1-2H3,(H,7,8);/q-1;+1. The molecule has 0 spiro atoms. The van der Waals surface area contributed by atoms with Crippen LogP contribution in [-0.2, 0) is 4.79 Å². The van der Waals surface area contributed by atoms with Gasteiger partial charge in [-0.05, 0) is 6.54 Å². The zero-order chi connectivity index (χ0) is 6.41. The summed E-state index contributed by atoms with van der Waals surface area (Å²) in [5, 5.41) is 6.41.